The van der Waals surface area contributed by atoms with Crippen LogP contribution in [0.15, 0.2) is 66.7 Å². The summed E-state index contributed by atoms with van der Waals surface area (Å²) in [6.45, 7) is 2.38. The van der Waals surface area contributed by atoms with Gasteiger partial charge in [-0.3, -0.25) is 4.79 Å². The topological polar surface area (TPSA) is 80.6 Å². The SMILES string of the molecule is CCOc1cc(C#N)ccc1OCC(=O)NCc1ccc(Oc2ccc(F)cc2)cc1. The third-order valence-corrected chi connectivity index (χ3v) is 4.19. The predicted molar refractivity (Wildman–Crippen MR) is 113 cm³/mol. The van der Waals surface area contributed by atoms with Crippen molar-refractivity contribution < 1.29 is 23.4 Å². The van der Waals surface area contributed by atoms with Gasteiger partial charge in [0.1, 0.15) is 17.3 Å². The number of nitrogens with one attached hydrogen (secondary N) is 1. The number of benzene rings is 3. The molecule has 0 unspecified atom stereocenters. The monoisotopic (exact) mass is 420 g/mol. The summed E-state index contributed by atoms with van der Waals surface area (Å²) in [6, 6.07) is 19.8. The molecule has 7 heteroatoms. The molecule has 0 aromatic heterocycles. The zero-order valence-electron chi connectivity index (χ0n) is 16.9. The van der Waals surface area contributed by atoms with Crippen molar-refractivity contribution in [1.82, 2.24) is 5.32 Å². The molecule has 3 aromatic carbocycles. The van der Waals surface area contributed by atoms with E-state index in [4.69, 9.17) is 19.5 Å². The summed E-state index contributed by atoms with van der Waals surface area (Å²) in [6.07, 6.45) is 0. The Morgan fingerprint density at radius 2 is 1.65 bits per heavy atom. The predicted octanol–water partition coefficient (Wildman–Crippen LogP) is 4.58. The second-order valence-corrected chi connectivity index (χ2v) is 6.47. The molecule has 0 spiro atoms. The van der Waals surface area contributed by atoms with Gasteiger partial charge in [0.25, 0.3) is 5.91 Å². The molecular weight excluding hydrogens is 399 g/mol. The van der Waals surface area contributed by atoms with Crippen molar-refractivity contribution in [3.8, 4) is 29.1 Å². The largest absolute Gasteiger partial charge is 0.490 e. The second kappa shape index (κ2) is 10.6. The number of hydrogen-bond acceptors (Lipinski definition) is 5. The lowest BCUT2D eigenvalue weighted by Crippen LogP contribution is -2.28. The van der Waals surface area contributed by atoms with E-state index in [1.165, 1.54) is 12.1 Å². The van der Waals surface area contributed by atoms with Crippen LogP contribution in [-0.2, 0) is 11.3 Å². The minimum absolute atomic E-state index is 0.183. The van der Waals surface area contributed by atoms with E-state index in [1.54, 1.807) is 42.5 Å². The van der Waals surface area contributed by atoms with E-state index in [0.717, 1.165) is 5.56 Å². The minimum Gasteiger partial charge on any atom is -0.490 e. The summed E-state index contributed by atoms with van der Waals surface area (Å²) >= 11 is 0. The van der Waals surface area contributed by atoms with E-state index in [1.807, 2.05) is 25.1 Å². The van der Waals surface area contributed by atoms with Crippen LogP contribution in [0.25, 0.3) is 0 Å². The number of rotatable bonds is 9. The molecule has 0 aliphatic rings. The van der Waals surface area contributed by atoms with Crippen LogP contribution in [0.1, 0.15) is 18.1 Å². The van der Waals surface area contributed by atoms with Crippen LogP contribution in [-0.4, -0.2) is 19.1 Å². The third-order valence-electron chi connectivity index (χ3n) is 4.19. The molecule has 0 saturated carbocycles. The molecular formula is C24H21FN2O4. The van der Waals surface area contributed by atoms with Crippen LogP contribution in [0.3, 0.4) is 0 Å². The van der Waals surface area contributed by atoms with Crippen LogP contribution < -0.4 is 19.5 Å². The molecule has 31 heavy (non-hydrogen) atoms. The lowest BCUT2D eigenvalue weighted by molar-refractivity contribution is -0.123. The number of carbonyl (C=O) groups is 1. The summed E-state index contributed by atoms with van der Waals surface area (Å²) in [5.74, 6) is 1.35. The van der Waals surface area contributed by atoms with Crippen molar-refractivity contribution in [2.45, 2.75) is 13.5 Å². The van der Waals surface area contributed by atoms with Crippen molar-refractivity contribution in [2.24, 2.45) is 0 Å². The Labute approximate surface area is 179 Å². The number of carbonyl (C=O) groups excluding carboxylic acids is 1. The van der Waals surface area contributed by atoms with Gasteiger partial charge in [0.2, 0.25) is 0 Å². The van der Waals surface area contributed by atoms with E-state index >= 15 is 0 Å². The third kappa shape index (κ3) is 6.47. The Bertz CT molecular complexity index is 1060. The van der Waals surface area contributed by atoms with Gasteiger partial charge < -0.3 is 19.5 Å². The van der Waals surface area contributed by atoms with Crippen LogP contribution in [0.2, 0.25) is 0 Å². The van der Waals surface area contributed by atoms with Gasteiger partial charge in [-0.1, -0.05) is 12.1 Å². The smallest absolute Gasteiger partial charge is 0.258 e. The molecule has 0 aliphatic heterocycles. The fourth-order valence-electron chi connectivity index (χ4n) is 2.67. The Kier molecular flexibility index (Phi) is 7.44. The van der Waals surface area contributed by atoms with Gasteiger partial charge in [0.15, 0.2) is 18.1 Å². The molecule has 1 N–H and O–H groups in total. The maximum absolute atomic E-state index is 12.9. The summed E-state index contributed by atoms with van der Waals surface area (Å²) in [5, 5.41) is 11.8. The first kappa shape index (κ1) is 21.7. The average Bonchev–Trinajstić information content (AvgIpc) is 2.79. The Morgan fingerprint density at radius 3 is 2.29 bits per heavy atom. The molecule has 0 heterocycles. The first-order valence-electron chi connectivity index (χ1n) is 9.66. The molecule has 0 radical (unpaired) electrons. The van der Waals surface area contributed by atoms with Crippen molar-refractivity contribution in [3.63, 3.8) is 0 Å². The molecule has 3 rings (SSSR count). The zero-order valence-corrected chi connectivity index (χ0v) is 16.9. The second-order valence-electron chi connectivity index (χ2n) is 6.47. The van der Waals surface area contributed by atoms with Gasteiger partial charge in [-0.2, -0.15) is 5.26 Å². The fraction of sp³-hybridized carbons (Fsp3) is 0.167. The first-order valence-corrected chi connectivity index (χ1v) is 9.66. The van der Waals surface area contributed by atoms with E-state index in [0.29, 0.717) is 41.7 Å². The van der Waals surface area contributed by atoms with E-state index in [9.17, 15) is 9.18 Å². The molecule has 0 bridgehead atoms. The average molecular weight is 420 g/mol. The highest BCUT2D eigenvalue weighted by Crippen LogP contribution is 2.28. The molecule has 6 nitrogen and oxygen atoms in total. The van der Waals surface area contributed by atoms with Crippen LogP contribution in [0, 0.1) is 17.1 Å². The lowest BCUT2D eigenvalue weighted by Gasteiger charge is -2.12. The summed E-state index contributed by atoms with van der Waals surface area (Å²) in [7, 11) is 0. The molecule has 0 fully saturated rings. The Balaban J connectivity index is 1.48. The summed E-state index contributed by atoms with van der Waals surface area (Å²) in [5.41, 5.74) is 1.33. The first-order chi connectivity index (χ1) is 15.1. The Hall–Kier alpha value is -4.05. The van der Waals surface area contributed by atoms with E-state index < -0.39 is 0 Å². The highest BCUT2D eigenvalue weighted by molar-refractivity contribution is 5.77. The highest BCUT2D eigenvalue weighted by atomic mass is 19.1. The lowest BCUT2D eigenvalue weighted by atomic mass is 10.2. The van der Waals surface area contributed by atoms with Crippen LogP contribution >= 0.6 is 0 Å². The van der Waals surface area contributed by atoms with Gasteiger partial charge in [0, 0.05) is 12.6 Å². The van der Waals surface area contributed by atoms with Crippen molar-refractivity contribution >= 4 is 5.91 Å². The quantitative estimate of drug-likeness (QED) is 0.548. The van der Waals surface area contributed by atoms with Crippen LogP contribution in [0.5, 0.6) is 23.0 Å². The van der Waals surface area contributed by atoms with E-state index in [-0.39, 0.29) is 18.3 Å². The molecule has 158 valence electrons. The normalized spacial score (nSPS) is 10.1. The number of ether oxygens (including phenoxy) is 3. The summed E-state index contributed by atoms with van der Waals surface area (Å²) < 4.78 is 29.6. The van der Waals surface area contributed by atoms with Gasteiger partial charge in [-0.05, 0) is 61.0 Å². The Morgan fingerprint density at radius 1 is 0.968 bits per heavy atom. The highest BCUT2D eigenvalue weighted by Gasteiger charge is 2.09. The fourth-order valence-corrected chi connectivity index (χ4v) is 2.67. The molecule has 3 aromatic rings. The number of nitrogens with zero attached hydrogens (tertiary/aromatic N) is 1. The number of halogens is 1. The molecule has 0 atom stereocenters. The minimum atomic E-state index is -0.323. The maximum Gasteiger partial charge on any atom is 0.258 e. The van der Waals surface area contributed by atoms with Gasteiger partial charge in [-0.15, -0.1) is 0 Å². The summed E-state index contributed by atoms with van der Waals surface area (Å²) in [4.78, 5) is 12.1. The standard InChI is InChI=1S/C24H21FN2O4/c1-2-29-23-13-18(14-26)5-12-22(23)30-16-24(28)27-15-17-3-8-20(9-4-17)31-21-10-6-19(25)7-11-21/h3-13H,2,15-16H2,1H3,(H,27,28). The van der Waals surface area contributed by atoms with Gasteiger partial charge in [-0.25, -0.2) is 4.39 Å². The zero-order chi connectivity index (χ0) is 22.1. The van der Waals surface area contributed by atoms with Crippen molar-refractivity contribution in [2.75, 3.05) is 13.2 Å². The van der Waals surface area contributed by atoms with Crippen molar-refractivity contribution in [3.05, 3.63) is 83.7 Å². The van der Waals surface area contributed by atoms with E-state index in [2.05, 4.69) is 5.32 Å². The molecule has 1 amide bonds. The van der Waals surface area contributed by atoms with Gasteiger partial charge in [0.05, 0.1) is 18.2 Å². The molecule has 0 saturated heterocycles. The van der Waals surface area contributed by atoms with Crippen LogP contribution in [0.4, 0.5) is 4.39 Å². The van der Waals surface area contributed by atoms with Crippen molar-refractivity contribution in [1.29, 1.82) is 5.26 Å². The number of amides is 1. The van der Waals surface area contributed by atoms with Gasteiger partial charge >= 0.3 is 0 Å². The molecule has 0 aliphatic carbocycles. The maximum atomic E-state index is 12.9. The number of nitriles is 1. The number of hydrogen-bond donors (Lipinski definition) is 1.